The first kappa shape index (κ1) is 26.9. The molecule has 5 rings (SSSR count). The van der Waals surface area contributed by atoms with Gasteiger partial charge < -0.3 is 19.3 Å². The summed E-state index contributed by atoms with van der Waals surface area (Å²) < 4.78 is 17.2. The van der Waals surface area contributed by atoms with Crippen LogP contribution in [0.3, 0.4) is 0 Å². The molecule has 1 aliphatic rings. The smallest absolute Gasteiger partial charge is 0.301 e. The third-order valence-corrected chi connectivity index (χ3v) is 7.19. The van der Waals surface area contributed by atoms with Crippen LogP contribution in [0, 0.1) is 6.92 Å². The number of amides is 1. The average Bonchev–Trinajstić information content (AvgIpc) is 3.52. The van der Waals surface area contributed by atoms with Gasteiger partial charge in [0.25, 0.3) is 5.78 Å². The molecule has 1 aromatic heterocycles. The van der Waals surface area contributed by atoms with Crippen LogP contribution in [0.15, 0.2) is 78.4 Å². The summed E-state index contributed by atoms with van der Waals surface area (Å²) in [7, 11) is 1.54. The highest BCUT2D eigenvalue weighted by Crippen LogP contribution is 2.45. The lowest BCUT2D eigenvalue weighted by atomic mass is 9.95. The molecule has 40 heavy (non-hydrogen) atoms. The van der Waals surface area contributed by atoms with Crippen molar-refractivity contribution in [3.8, 4) is 17.2 Å². The Hall–Kier alpha value is -4.70. The maximum atomic E-state index is 13.4. The van der Waals surface area contributed by atoms with Crippen molar-refractivity contribution in [3.05, 3.63) is 100 Å². The molecule has 2 heterocycles. The number of hydrogen-bond acceptors (Lipinski definition) is 9. The Morgan fingerprint density at radius 1 is 0.975 bits per heavy atom. The zero-order valence-electron chi connectivity index (χ0n) is 22.2. The number of aliphatic hydroxyl groups excluding tert-OH is 1. The number of aliphatic hydroxyl groups is 1. The van der Waals surface area contributed by atoms with E-state index in [-0.39, 0.29) is 16.5 Å². The number of methoxy groups -OCH3 is 1. The number of ketones is 1. The van der Waals surface area contributed by atoms with E-state index in [4.69, 9.17) is 14.2 Å². The predicted molar refractivity (Wildman–Crippen MR) is 151 cm³/mol. The van der Waals surface area contributed by atoms with E-state index in [1.807, 2.05) is 37.3 Å². The highest BCUT2D eigenvalue weighted by atomic mass is 32.1. The van der Waals surface area contributed by atoms with Crippen LogP contribution in [0.4, 0.5) is 5.13 Å². The number of carbonyl (C=O) groups is 2. The Labute approximate surface area is 235 Å². The summed E-state index contributed by atoms with van der Waals surface area (Å²) in [6.45, 7) is 4.32. The summed E-state index contributed by atoms with van der Waals surface area (Å²) in [5.41, 5.74) is 1.83. The molecule has 0 spiro atoms. The maximum Gasteiger partial charge on any atom is 0.301 e. The van der Waals surface area contributed by atoms with Crippen LogP contribution < -0.4 is 19.1 Å². The van der Waals surface area contributed by atoms with Gasteiger partial charge in [0.15, 0.2) is 11.5 Å². The van der Waals surface area contributed by atoms with Crippen molar-refractivity contribution in [3.63, 3.8) is 0 Å². The van der Waals surface area contributed by atoms with Crippen LogP contribution in [-0.2, 0) is 16.2 Å². The lowest BCUT2D eigenvalue weighted by Crippen LogP contribution is -2.29. The molecule has 1 unspecified atom stereocenters. The number of aryl methyl sites for hydroxylation is 1. The molecule has 1 aliphatic heterocycles. The van der Waals surface area contributed by atoms with E-state index in [0.717, 1.165) is 5.56 Å². The van der Waals surface area contributed by atoms with Gasteiger partial charge in [0.2, 0.25) is 5.13 Å². The molecule has 0 bridgehead atoms. The maximum absolute atomic E-state index is 13.4. The number of anilines is 1. The Morgan fingerprint density at radius 2 is 1.73 bits per heavy atom. The first-order valence-electron chi connectivity index (χ1n) is 12.6. The minimum Gasteiger partial charge on any atom is -0.507 e. The Bertz CT molecular complexity index is 1570. The topological polar surface area (TPSA) is 111 Å². The van der Waals surface area contributed by atoms with E-state index in [0.29, 0.717) is 46.6 Å². The SMILES string of the molecule is CCOc1cc(C2C(=C(O)c3ccc(OC)cc3)C(=O)C(=O)N2c2nnc(C)s2)ccc1OCc1ccccc1. The molecule has 0 saturated carbocycles. The van der Waals surface area contributed by atoms with E-state index < -0.39 is 17.7 Å². The highest BCUT2D eigenvalue weighted by Gasteiger charge is 2.48. The molecule has 0 aliphatic carbocycles. The van der Waals surface area contributed by atoms with E-state index >= 15 is 0 Å². The van der Waals surface area contributed by atoms with Crippen LogP contribution in [0.2, 0.25) is 0 Å². The number of aromatic nitrogens is 2. The lowest BCUT2D eigenvalue weighted by Gasteiger charge is -2.23. The molecule has 1 saturated heterocycles. The van der Waals surface area contributed by atoms with Crippen molar-refractivity contribution in [2.45, 2.75) is 26.5 Å². The molecule has 4 aromatic rings. The summed E-state index contributed by atoms with van der Waals surface area (Å²) >= 11 is 1.18. The van der Waals surface area contributed by atoms with Crippen molar-refractivity contribution in [2.75, 3.05) is 18.6 Å². The van der Waals surface area contributed by atoms with Crippen LogP contribution >= 0.6 is 11.3 Å². The van der Waals surface area contributed by atoms with Gasteiger partial charge >= 0.3 is 5.91 Å². The summed E-state index contributed by atoms with van der Waals surface area (Å²) in [4.78, 5) is 28.1. The number of ether oxygens (including phenoxy) is 3. The van der Waals surface area contributed by atoms with Crippen LogP contribution in [0.5, 0.6) is 17.2 Å². The second-order valence-electron chi connectivity index (χ2n) is 8.91. The van der Waals surface area contributed by atoms with E-state index in [9.17, 15) is 14.7 Å². The second-order valence-corrected chi connectivity index (χ2v) is 10.1. The molecule has 0 radical (unpaired) electrons. The zero-order chi connectivity index (χ0) is 28.2. The molecule has 1 fully saturated rings. The van der Waals surface area contributed by atoms with Crippen molar-refractivity contribution in [1.82, 2.24) is 10.2 Å². The number of benzene rings is 3. The van der Waals surface area contributed by atoms with Gasteiger partial charge in [-0.2, -0.15) is 0 Å². The van der Waals surface area contributed by atoms with Crippen molar-refractivity contribution in [1.29, 1.82) is 0 Å². The molecule has 204 valence electrons. The average molecular weight is 558 g/mol. The fourth-order valence-electron chi connectivity index (χ4n) is 4.45. The minimum atomic E-state index is -0.975. The summed E-state index contributed by atoms with van der Waals surface area (Å²) in [5.74, 6) is -0.401. The summed E-state index contributed by atoms with van der Waals surface area (Å²) in [6, 6.07) is 20.6. The van der Waals surface area contributed by atoms with Crippen molar-refractivity contribution in [2.24, 2.45) is 0 Å². The van der Waals surface area contributed by atoms with Gasteiger partial charge in [-0.15, -0.1) is 10.2 Å². The summed E-state index contributed by atoms with van der Waals surface area (Å²) in [5, 5.41) is 20.4. The Balaban J connectivity index is 1.61. The Morgan fingerprint density at radius 3 is 2.38 bits per heavy atom. The number of nitrogens with zero attached hydrogens (tertiary/aromatic N) is 3. The first-order chi connectivity index (χ1) is 19.4. The lowest BCUT2D eigenvalue weighted by molar-refractivity contribution is -0.132. The van der Waals surface area contributed by atoms with Crippen LogP contribution in [0.1, 0.15) is 34.7 Å². The van der Waals surface area contributed by atoms with Crippen LogP contribution in [-0.4, -0.2) is 40.7 Å². The van der Waals surface area contributed by atoms with Gasteiger partial charge in [-0.25, -0.2) is 0 Å². The fraction of sp³-hybridized carbons (Fsp3) is 0.200. The van der Waals surface area contributed by atoms with E-state index in [1.165, 1.54) is 23.3 Å². The molecule has 9 nitrogen and oxygen atoms in total. The largest absolute Gasteiger partial charge is 0.507 e. The molecule has 10 heteroatoms. The van der Waals surface area contributed by atoms with Gasteiger partial charge in [0.05, 0.1) is 25.3 Å². The molecular formula is C30H27N3O6S. The zero-order valence-corrected chi connectivity index (χ0v) is 23.0. The normalized spacial score (nSPS) is 16.3. The summed E-state index contributed by atoms with van der Waals surface area (Å²) in [6.07, 6.45) is 0. The Kier molecular flexibility index (Phi) is 7.79. The second kappa shape index (κ2) is 11.6. The van der Waals surface area contributed by atoms with Gasteiger partial charge in [0, 0.05) is 5.56 Å². The monoisotopic (exact) mass is 557 g/mol. The van der Waals surface area contributed by atoms with Crippen molar-refractivity contribution >= 4 is 33.9 Å². The van der Waals surface area contributed by atoms with E-state index in [2.05, 4.69) is 10.2 Å². The number of Topliss-reactive ketones (excluding diaryl/α,β-unsaturated/α-hetero) is 1. The van der Waals surface area contributed by atoms with E-state index in [1.54, 1.807) is 49.4 Å². The van der Waals surface area contributed by atoms with Gasteiger partial charge in [-0.05, 0) is 61.4 Å². The fourth-order valence-corrected chi connectivity index (χ4v) is 5.16. The number of rotatable bonds is 9. The third kappa shape index (κ3) is 5.26. The number of hydrogen-bond donors (Lipinski definition) is 1. The standard InChI is InChI=1S/C30H27N3O6S/c1-4-38-24-16-21(12-15-23(24)39-17-19-8-6-5-7-9-19)26-25(27(34)20-10-13-22(37-3)14-11-20)28(35)29(36)33(26)30-32-31-18(2)40-30/h5-16,26,34H,4,17H2,1-3H3. The molecule has 1 amide bonds. The predicted octanol–water partition coefficient (Wildman–Crippen LogP) is 5.46. The minimum absolute atomic E-state index is 0.0663. The highest BCUT2D eigenvalue weighted by molar-refractivity contribution is 7.15. The number of carbonyl (C=O) groups excluding carboxylic acids is 2. The van der Waals surface area contributed by atoms with Crippen molar-refractivity contribution < 1.29 is 28.9 Å². The first-order valence-corrected chi connectivity index (χ1v) is 13.4. The van der Waals surface area contributed by atoms with Gasteiger partial charge in [-0.3, -0.25) is 14.5 Å². The molecule has 1 N–H and O–H groups in total. The quantitative estimate of drug-likeness (QED) is 0.164. The van der Waals surface area contributed by atoms with Gasteiger partial charge in [-0.1, -0.05) is 47.7 Å². The molecule has 1 atom stereocenters. The van der Waals surface area contributed by atoms with Crippen LogP contribution in [0.25, 0.3) is 5.76 Å². The van der Waals surface area contributed by atoms with Gasteiger partial charge in [0.1, 0.15) is 23.1 Å². The molecular weight excluding hydrogens is 530 g/mol. The molecule has 3 aromatic carbocycles. The third-order valence-electron chi connectivity index (χ3n) is 6.35.